The Labute approximate surface area is 94.4 Å². The van der Waals surface area contributed by atoms with Crippen molar-refractivity contribution in [2.24, 2.45) is 5.92 Å². The fourth-order valence-corrected chi connectivity index (χ4v) is 1.63. The zero-order valence-electron chi connectivity index (χ0n) is 10.5. The maximum atomic E-state index is 10.4. The first kappa shape index (κ1) is 14.6. The van der Waals surface area contributed by atoms with Gasteiger partial charge in [-0.25, -0.2) is 0 Å². The lowest BCUT2D eigenvalue weighted by atomic mass is 10.0. The molecule has 0 aromatic carbocycles. The Morgan fingerprint density at radius 3 is 2.40 bits per heavy atom. The van der Waals surface area contributed by atoms with E-state index in [1.165, 1.54) is 25.7 Å². The van der Waals surface area contributed by atoms with Crippen LogP contribution in [0.2, 0.25) is 0 Å². The SMILES string of the molecule is CCCCC(CC)COC(CC)CC=O. The van der Waals surface area contributed by atoms with Crippen molar-refractivity contribution >= 4 is 6.29 Å². The van der Waals surface area contributed by atoms with Gasteiger partial charge in [0.2, 0.25) is 0 Å². The van der Waals surface area contributed by atoms with Gasteiger partial charge in [0.05, 0.1) is 6.10 Å². The third kappa shape index (κ3) is 7.55. The molecule has 0 N–H and O–H groups in total. The number of carbonyl (C=O) groups is 1. The van der Waals surface area contributed by atoms with Crippen LogP contribution >= 0.6 is 0 Å². The molecule has 0 fully saturated rings. The van der Waals surface area contributed by atoms with Crippen molar-refractivity contribution in [1.82, 2.24) is 0 Å². The summed E-state index contributed by atoms with van der Waals surface area (Å²) in [6.45, 7) is 7.32. The smallest absolute Gasteiger partial charge is 0.122 e. The number of hydrogen-bond acceptors (Lipinski definition) is 2. The summed E-state index contributed by atoms with van der Waals surface area (Å²) in [4.78, 5) is 10.4. The quantitative estimate of drug-likeness (QED) is 0.519. The zero-order valence-corrected chi connectivity index (χ0v) is 10.5. The Morgan fingerprint density at radius 1 is 1.20 bits per heavy atom. The summed E-state index contributed by atoms with van der Waals surface area (Å²) in [7, 11) is 0. The summed E-state index contributed by atoms with van der Waals surface area (Å²) in [5, 5.41) is 0. The minimum atomic E-state index is 0.137. The minimum Gasteiger partial charge on any atom is -0.377 e. The van der Waals surface area contributed by atoms with Crippen molar-refractivity contribution in [3.8, 4) is 0 Å². The highest BCUT2D eigenvalue weighted by Gasteiger charge is 2.10. The van der Waals surface area contributed by atoms with E-state index in [-0.39, 0.29) is 6.10 Å². The summed E-state index contributed by atoms with van der Waals surface area (Å²) < 4.78 is 5.75. The van der Waals surface area contributed by atoms with Gasteiger partial charge in [-0.2, -0.15) is 0 Å². The van der Waals surface area contributed by atoms with Gasteiger partial charge in [0.25, 0.3) is 0 Å². The second-order valence-electron chi connectivity index (χ2n) is 4.18. The Bertz CT molecular complexity index is 145. The highest BCUT2D eigenvalue weighted by atomic mass is 16.5. The molecule has 0 aromatic heterocycles. The minimum absolute atomic E-state index is 0.137. The van der Waals surface area contributed by atoms with Gasteiger partial charge < -0.3 is 9.53 Å². The van der Waals surface area contributed by atoms with Crippen molar-refractivity contribution in [2.45, 2.75) is 65.4 Å². The van der Waals surface area contributed by atoms with Crippen LogP contribution in [-0.2, 0) is 9.53 Å². The molecule has 0 spiro atoms. The molecule has 2 nitrogen and oxygen atoms in total. The van der Waals surface area contributed by atoms with E-state index in [0.29, 0.717) is 12.3 Å². The summed E-state index contributed by atoms with van der Waals surface area (Å²) >= 11 is 0. The predicted molar refractivity (Wildman–Crippen MR) is 64.0 cm³/mol. The average Bonchev–Trinajstić information content (AvgIpc) is 2.27. The van der Waals surface area contributed by atoms with Gasteiger partial charge >= 0.3 is 0 Å². The first-order chi connectivity index (χ1) is 7.28. The summed E-state index contributed by atoms with van der Waals surface area (Å²) in [6.07, 6.45) is 7.54. The van der Waals surface area contributed by atoms with E-state index in [9.17, 15) is 4.79 Å². The summed E-state index contributed by atoms with van der Waals surface area (Å²) in [5.41, 5.74) is 0. The first-order valence-corrected chi connectivity index (χ1v) is 6.33. The number of aldehydes is 1. The molecular weight excluding hydrogens is 188 g/mol. The summed E-state index contributed by atoms with van der Waals surface area (Å²) in [6, 6.07) is 0. The van der Waals surface area contributed by atoms with E-state index >= 15 is 0 Å². The van der Waals surface area contributed by atoms with Crippen molar-refractivity contribution in [2.75, 3.05) is 6.61 Å². The van der Waals surface area contributed by atoms with E-state index in [1.807, 2.05) is 0 Å². The van der Waals surface area contributed by atoms with Crippen molar-refractivity contribution in [1.29, 1.82) is 0 Å². The average molecular weight is 214 g/mol. The standard InChI is InChI=1S/C13H26O2/c1-4-7-8-12(5-2)11-15-13(6-3)9-10-14/h10,12-13H,4-9,11H2,1-3H3. The van der Waals surface area contributed by atoms with Crippen molar-refractivity contribution < 1.29 is 9.53 Å². The van der Waals surface area contributed by atoms with Crippen molar-refractivity contribution in [3.63, 3.8) is 0 Å². The van der Waals surface area contributed by atoms with Gasteiger partial charge in [-0.05, 0) is 18.8 Å². The topological polar surface area (TPSA) is 26.3 Å². The Kier molecular flexibility index (Phi) is 9.91. The number of ether oxygens (including phenoxy) is 1. The Morgan fingerprint density at radius 2 is 1.93 bits per heavy atom. The molecule has 15 heavy (non-hydrogen) atoms. The molecule has 0 aromatic rings. The van der Waals surface area contributed by atoms with E-state index < -0.39 is 0 Å². The molecule has 0 aliphatic carbocycles. The second kappa shape index (κ2) is 10.2. The third-order valence-electron chi connectivity index (χ3n) is 2.93. The van der Waals surface area contributed by atoms with E-state index in [0.717, 1.165) is 19.3 Å². The molecule has 0 saturated carbocycles. The summed E-state index contributed by atoms with van der Waals surface area (Å²) in [5.74, 6) is 0.672. The fraction of sp³-hybridized carbons (Fsp3) is 0.923. The maximum absolute atomic E-state index is 10.4. The third-order valence-corrected chi connectivity index (χ3v) is 2.93. The lowest BCUT2D eigenvalue weighted by Crippen LogP contribution is -2.18. The van der Waals surface area contributed by atoms with Gasteiger partial charge in [-0.3, -0.25) is 0 Å². The molecular formula is C13H26O2. The number of unbranched alkanes of at least 4 members (excludes halogenated alkanes) is 1. The van der Waals surface area contributed by atoms with Crippen LogP contribution in [0.3, 0.4) is 0 Å². The predicted octanol–water partition coefficient (Wildman–Crippen LogP) is 3.59. The highest BCUT2D eigenvalue weighted by Crippen LogP contribution is 2.14. The molecule has 0 radical (unpaired) electrons. The highest BCUT2D eigenvalue weighted by molar-refractivity contribution is 5.50. The zero-order chi connectivity index (χ0) is 11.5. The Hall–Kier alpha value is -0.370. The normalized spacial score (nSPS) is 14.9. The fourth-order valence-electron chi connectivity index (χ4n) is 1.63. The molecule has 0 bridgehead atoms. The van der Waals surface area contributed by atoms with Gasteiger partial charge in [0.1, 0.15) is 6.29 Å². The van der Waals surface area contributed by atoms with E-state index in [1.54, 1.807) is 0 Å². The molecule has 0 amide bonds. The number of hydrogen-bond donors (Lipinski definition) is 0. The number of rotatable bonds is 10. The van der Waals surface area contributed by atoms with Crippen LogP contribution in [0.15, 0.2) is 0 Å². The molecule has 2 heteroatoms. The van der Waals surface area contributed by atoms with E-state index in [4.69, 9.17) is 4.74 Å². The van der Waals surface area contributed by atoms with E-state index in [2.05, 4.69) is 20.8 Å². The van der Waals surface area contributed by atoms with Crippen LogP contribution in [0.25, 0.3) is 0 Å². The van der Waals surface area contributed by atoms with Crippen LogP contribution in [0.5, 0.6) is 0 Å². The van der Waals surface area contributed by atoms with Crippen LogP contribution in [0.1, 0.15) is 59.3 Å². The van der Waals surface area contributed by atoms with Crippen LogP contribution in [-0.4, -0.2) is 19.0 Å². The van der Waals surface area contributed by atoms with Gasteiger partial charge in [-0.1, -0.05) is 40.0 Å². The van der Waals surface area contributed by atoms with Gasteiger partial charge in [-0.15, -0.1) is 0 Å². The molecule has 90 valence electrons. The largest absolute Gasteiger partial charge is 0.377 e. The van der Waals surface area contributed by atoms with Crippen molar-refractivity contribution in [3.05, 3.63) is 0 Å². The molecule has 0 aliphatic rings. The van der Waals surface area contributed by atoms with Crippen LogP contribution in [0, 0.1) is 5.92 Å². The van der Waals surface area contributed by atoms with Gasteiger partial charge in [0, 0.05) is 13.0 Å². The Balaban J connectivity index is 3.70. The second-order valence-corrected chi connectivity index (χ2v) is 4.18. The van der Waals surface area contributed by atoms with Gasteiger partial charge in [0.15, 0.2) is 0 Å². The van der Waals surface area contributed by atoms with Crippen LogP contribution < -0.4 is 0 Å². The van der Waals surface area contributed by atoms with Crippen LogP contribution in [0.4, 0.5) is 0 Å². The molecule has 2 unspecified atom stereocenters. The maximum Gasteiger partial charge on any atom is 0.122 e. The molecule has 0 aliphatic heterocycles. The lowest BCUT2D eigenvalue weighted by Gasteiger charge is -2.19. The molecule has 0 rings (SSSR count). The monoisotopic (exact) mass is 214 g/mol. The lowest BCUT2D eigenvalue weighted by molar-refractivity contribution is -0.110. The molecule has 2 atom stereocenters. The molecule has 0 saturated heterocycles. The molecule has 0 heterocycles. The first-order valence-electron chi connectivity index (χ1n) is 6.33. The number of carbonyl (C=O) groups excluding carboxylic acids is 1.